The highest BCUT2D eigenvalue weighted by molar-refractivity contribution is 5.81. The molecule has 4 heteroatoms. The number of hydrogen-bond donors (Lipinski definition) is 1. The maximum Gasteiger partial charge on any atom is 0.123 e. The lowest BCUT2D eigenvalue weighted by Gasteiger charge is -2.26. The van der Waals surface area contributed by atoms with Crippen LogP contribution in [0.5, 0.6) is 0 Å². The molecule has 0 fully saturated rings. The van der Waals surface area contributed by atoms with E-state index in [-0.39, 0.29) is 11.7 Å². The summed E-state index contributed by atoms with van der Waals surface area (Å²) in [6.45, 7) is 2.83. The van der Waals surface area contributed by atoms with Crippen LogP contribution in [0.4, 0.5) is 4.39 Å². The van der Waals surface area contributed by atoms with Gasteiger partial charge in [0.1, 0.15) is 5.82 Å². The third-order valence-corrected chi connectivity index (χ3v) is 5.48. The van der Waals surface area contributed by atoms with Crippen molar-refractivity contribution in [3.05, 3.63) is 95.9 Å². The molecule has 2 unspecified atom stereocenters. The highest BCUT2D eigenvalue weighted by Gasteiger charge is 2.23. The standard InChI is InChI=1S/C24H24FN3/c1-2-17(15-26)24(18-6-4-3-5-7-18)19-8-13-23-20(14-19)16-27-28(23)22-11-9-21(25)10-12-22/h3-14,16-17,24H,2,15,26H2,1H3. The molecule has 142 valence electrons. The molecular weight excluding hydrogens is 349 g/mol. The van der Waals surface area contributed by atoms with E-state index in [0.29, 0.717) is 12.5 Å². The molecule has 2 atom stereocenters. The second-order valence-electron chi connectivity index (χ2n) is 7.14. The Morgan fingerprint density at radius 1 is 0.964 bits per heavy atom. The zero-order valence-electron chi connectivity index (χ0n) is 15.9. The molecule has 0 amide bonds. The lowest BCUT2D eigenvalue weighted by molar-refractivity contribution is 0.463. The summed E-state index contributed by atoms with van der Waals surface area (Å²) < 4.78 is 15.1. The van der Waals surface area contributed by atoms with Crippen molar-refractivity contribution in [2.24, 2.45) is 11.7 Å². The lowest BCUT2D eigenvalue weighted by Crippen LogP contribution is -2.22. The molecule has 0 aliphatic carbocycles. The number of fused-ring (bicyclic) bond motifs is 1. The van der Waals surface area contributed by atoms with Gasteiger partial charge in [0.2, 0.25) is 0 Å². The van der Waals surface area contributed by atoms with E-state index in [1.165, 1.54) is 23.3 Å². The van der Waals surface area contributed by atoms with E-state index in [1.54, 1.807) is 12.1 Å². The van der Waals surface area contributed by atoms with Gasteiger partial charge >= 0.3 is 0 Å². The van der Waals surface area contributed by atoms with Crippen LogP contribution in [0.2, 0.25) is 0 Å². The molecule has 1 aromatic heterocycles. The Bertz CT molecular complexity index is 1050. The van der Waals surface area contributed by atoms with E-state index in [2.05, 4.69) is 54.5 Å². The molecule has 2 N–H and O–H groups in total. The summed E-state index contributed by atoms with van der Waals surface area (Å²) >= 11 is 0. The molecule has 0 bridgehead atoms. The van der Waals surface area contributed by atoms with Gasteiger partial charge in [-0.3, -0.25) is 0 Å². The normalized spacial score (nSPS) is 13.5. The van der Waals surface area contributed by atoms with Crippen molar-refractivity contribution in [1.82, 2.24) is 9.78 Å². The lowest BCUT2D eigenvalue weighted by atomic mass is 9.79. The van der Waals surface area contributed by atoms with E-state index >= 15 is 0 Å². The molecule has 3 nitrogen and oxygen atoms in total. The Labute approximate surface area is 164 Å². The second-order valence-corrected chi connectivity index (χ2v) is 7.14. The van der Waals surface area contributed by atoms with Crippen molar-refractivity contribution in [3.8, 4) is 5.69 Å². The van der Waals surface area contributed by atoms with Crippen LogP contribution in [0, 0.1) is 11.7 Å². The minimum Gasteiger partial charge on any atom is -0.330 e. The first-order valence-corrected chi connectivity index (χ1v) is 9.70. The van der Waals surface area contributed by atoms with E-state index in [4.69, 9.17) is 5.73 Å². The average molecular weight is 373 g/mol. The minimum atomic E-state index is -0.249. The molecule has 0 radical (unpaired) electrons. The van der Waals surface area contributed by atoms with Gasteiger partial charge in [-0.2, -0.15) is 5.10 Å². The van der Waals surface area contributed by atoms with Crippen molar-refractivity contribution in [2.75, 3.05) is 6.54 Å². The summed E-state index contributed by atoms with van der Waals surface area (Å²) in [5.74, 6) is 0.363. The van der Waals surface area contributed by atoms with Gasteiger partial charge in [-0.05, 0) is 60.0 Å². The average Bonchev–Trinajstić information content (AvgIpc) is 3.16. The third kappa shape index (κ3) is 3.43. The number of nitrogens with zero attached hydrogens (tertiary/aromatic N) is 2. The van der Waals surface area contributed by atoms with Gasteiger partial charge in [0.25, 0.3) is 0 Å². The topological polar surface area (TPSA) is 43.8 Å². The first kappa shape index (κ1) is 18.4. The van der Waals surface area contributed by atoms with Gasteiger partial charge in [0, 0.05) is 11.3 Å². The van der Waals surface area contributed by atoms with Crippen molar-refractivity contribution < 1.29 is 4.39 Å². The Morgan fingerprint density at radius 2 is 1.71 bits per heavy atom. The number of benzene rings is 3. The predicted molar refractivity (Wildman–Crippen MR) is 112 cm³/mol. The fourth-order valence-electron chi connectivity index (χ4n) is 3.97. The zero-order chi connectivity index (χ0) is 19.5. The second kappa shape index (κ2) is 7.95. The molecule has 0 spiro atoms. The summed E-state index contributed by atoms with van der Waals surface area (Å²) in [5.41, 5.74) is 10.5. The first-order valence-electron chi connectivity index (χ1n) is 9.70. The maximum atomic E-state index is 13.2. The van der Waals surface area contributed by atoms with Gasteiger partial charge in [0.05, 0.1) is 17.4 Å². The summed E-state index contributed by atoms with van der Waals surface area (Å²) in [7, 11) is 0. The number of halogens is 1. The molecule has 0 aliphatic rings. The number of rotatable bonds is 6. The SMILES string of the molecule is CCC(CN)C(c1ccccc1)c1ccc2c(cnn2-c2ccc(F)cc2)c1. The fraction of sp³-hybridized carbons (Fsp3) is 0.208. The highest BCUT2D eigenvalue weighted by atomic mass is 19.1. The quantitative estimate of drug-likeness (QED) is 0.500. The largest absolute Gasteiger partial charge is 0.330 e. The van der Waals surface area contributed by atoms with Crippen molar-refractivity contribution >= 4 is 10.9 Å². The molecule has 4 aromatic rings. The Kier molecular flexibility index (Phi) is 5.22. The number of nitrogens with two attached hydrogens (primary N) is 1. The Balaban J connectivity index is 1.78. The molecule has 3 aromatic carbocycles. The monoisotopic (exact) mass is 373 g/mol. The van der Waals surface area contributed by atoms with Crippen LogP contribution in [-0.2, 0) is 0 Å². The van der Waals surface area contributed by atoms with Crippen molar-refractivity contribution in [2.45, 2.75) is 19.3 Å². The fourth-order valence-corrected chi connectivity index (χ4v) is 3.97. The van der Waals surface area contributed by atoms with E-state index < -0.39 is 0 Å². The number of aromatic nitrogens is 2. The third-order valence-electron chi connectivity index (χ3n) is 5.48. The Hall–Kier alpha value is -2.98. The predicted octanol–water partition coefficient (Wildman–Crippen LogP) is 5.28. The van der Waals surface area contributed by atoms with Crippen LogP contribution < -0.4 is 5.73 Å². The van der Waals surface area contributed by atoms with Crippen LogP contribution in [0.25, 0.3) is 16.6 Å². The van der Waals surface area contributed by atoms with Crippen LogP contribution in [0.15, 0.2) is 79.0 Å². The molecule has 1 heterocycles. The highest BCUT2D eigenvalue weighted by Crippen LogP contribution is 2.35. The molecule has 0 aliphatic heterocycles. The molecule has 4 rings (SSSR count). The zero-order valence-corrected chi connectivity index (χ0v) is 15.9. The molecule has 0 saturated heterocycles. The van der Waals surface area contributed by atoms with E-state index in [1.807, 2.05) is 16.9 Å². The smallest absolute Gasteiger partial charge is 0.123 e. The maximum absolute atomic E-state index is 13.2. The molecular formula is C24H24FN3. The van der Waals surface area contributed by atoms with Crippen LogP contribution in [-0.4, -0.2) is 16.3 Å². The van der Waals surface area contributed by atoms with Crippen molar-refractivity contribution in [3.63, 3.8) is 0 Å². The van der Waals surface area contributed by atoms with E-state index in [0.717, 1.165) is 23.0 Å². The molecule has 28 heavy (non-hydrogen) atoms. The Morgan fingerprint density at radius 3 is 2.39 bits per heavy atom. The summed E-state index contributed by atoms with van der Waals surface area (Å²) in [4.78, 5) is 0. The minimum absolute atomic E-state index is 0.245. The van der Waals surface area contributed by atoms with Crippen LogP contribution >= 0.6 is 0 Å². The summed E-state index contributed by atoms with van der Waals surface area (Å²) in [5, 5.41) is 5.59. The number of hydrogen-bond acceptors (Lipinski definition) is 2. The van der Waals surface area contributed by atoms with Gasteiger partial charge in [-0.1, -0.05) is 49.7 Å². The van der Waals surface area contributed by atoms with Crippen molar-refractivity contribution in [1.29, 1.82) is 0 Å². The van der Waals surface area contributed by atoms with Crippen LogP contribution in [0.1, 0.15) is 30.4 Å². The summed E-state index contributed by atoms with van der Waals surface area (Å²) in [6.07, 6.45) is 2.89. The van der Waals surface area contributed by atoms with Gasteiger partial charge < -0.3 is 5.73 Å². The van der Waals surface area contributed by atoms with Gasteiger partial charge in [0.15, 0.2) is 0 Å². The van der Waals surface area contributed by atoms with Gasteiger partial charge in [-0.15, -0.1) is 0 Å². The summed E-state index contributed by atoms with van der Waals surface area (Å²) in [6, 6.07) is 23.4. The van der Waals surface area contributed by atoms with Crippen LogP contribution in [0.3, 0.4) is 0 Å². The molecule has 0 saturated carbocycles. The first-order chi connectivity index (χ1) is 13.7. The van der Waals surface area contributed by atoms with E-state index in [9.17, 15) is 4.39 Å². The van der Waals surface area contributed by atoms with Gasteiger partial charge in [-0.25, -0.2) is 9.07 Å².